The van der Waals surface area contributed by atoms with Crippen LogP contribution in [0.3, 0.4) is 0 Å². The first kappa shape index (κ1) is 86.6. The fraction of sp³-hybridized carbons (Fsp3) is 0.836. The van der Waals surface area contributed by atoms with E-state index < -0.39 is 249 Å². The van der Waals surface area contributed by atoms with Crippen molar-refractivity contribution < 1.29 is 107 Å². The summed E-state index contributed by atoms with van der Waals surface area (Å²) in [6.45, 7) is 1.19. The summed E-state index contributed by atoms with van der Waals surface area (Å²) in [6, 6.07) is -11.9. The summed E-state index contributed by atoms with van der Waals surface area (Å²) >= 11 is 0. The Morgan fingerprint density at radius 2 is 1.24 bits per heavy atom. The van der Waals surface area contributed by atoms with E-state index in [9.17, 15) is 60.2 Å². The third-order valence-electron chi connectivity index (χ3n) is 24.3. The number of amides is 12. The van der Waals surface area contributed by atoms with Crippen LogP contribution in [0.15, 0.2) is 0 Å². The minimum absolute atomic E-state index is 0.00708. The maximum Gasteiger partial charge on any atom is 0.397 e. The van der Waals surface area contributed by atoms with E-state index in [1.807, 2.05) is 0 Å². The molecule has 12 amide bonds. The maximum atomic E-state index is 15.6. The number of carbonyl (C=O) groups is 12. The summed E-state index contributed by atoms with van der Waals surface area (Å²) in [7, 11) is 9.11. The molecule has 4 heterocycles. The fourth-order valence-electron chi connectivity index (χ4n) is 17.3. The minimum atomic E-state index is -5.23. The monoisotopic (exact) mass is 1550 g/mol. The molecule has 4 N–H and O–H groups in total. The second-order valence-electron chi connectivity index (χ2n) is 31.6. The molecule has 4 aliphatic carbocycles. The van der Waals surface area contributed by atoms with Gasteiger partial charge in [-0.15, -0.1) is 0 Å². The summed E-state index contributed by atoms with van der Waals surface area (Å²) in [5.74, 6) is -17.4. The Bertz CT molecular complexity index is 3200. The van der Waals surface area contributed by atoms with Gasteiger partial charge in [-0.1, -0.05) is 46.0 Å². The van der Waals surface area contributed by atoms with Gasteiger partial charge in [0.15, 0.2) is 0 Å². The standard InChI is InChI=1S/C73H112F8N12O15/c1-10-42(2)60-68(104)86(4)40-58(97)87(5)51-19-12-11-15-28-92(67(51)103)54(35-43-20-23-46(24-21-43)72(76,77)78)65(101)85(3)39-56(95)82-50(25-22-44-33-48(74)59(49(75)34-44)73(79,80)81)64(100)93-38-47(94)36-52(93)63(99)84-71(26-16-27-71)70(106)90(8)61(45-17-13-14-18-45)69(105)89(7)53(66(102)91-29-31-108-32-30-91)37-57(96)88(6)55(41-107-9)62(98)83-60/h42-55,59-61,94H,10-41H2,1-9H3,(H,82,95)(H,83,98)(H,84,99)/t42-,43?,44?,46?,47-,48?,49?,50-,51-,52-,53-,54-,55-,59?,60-,61-/m0/s1. The molecule has 8 rings (SSSR count). The van der Waals surface area contributed by atoms with E-state index in [0.717, 1.165) is 29.4 Å². The number of hydrogen-bond acceptors (Lipinski definition) is 15. The lowest BCUT2D eigenvalue weighted by Gasteiger charge is -2.47. The van der Waals surface area contributed by atoms with Gasteiger partial charge in [-0.05, 0) is 126 Å². The van der Waals surface area contributed by atoms with E-state index in [-0.39, 0.29) is 90.6 Å². The highest BCUT2D eigenvalue weighted by Crippen LogP contribution is 2.46. The first-order chi connectivity index (χ1) is 50.8. The minimum Gasteiger partial charge on any atom is -0.391 e. The average Bonchev–Trinajstić information content (AvgIpc) is 1.27. The van der Waals surface area contributed by atoms with Gasteiger partial charge < -0.3 is 74.6 Å². The van der Waals surface area contributed by atoms with E-state index in [1.165, 1.54) is 64.1 Å². The molecule has 610 valence electrons. The van der Waals surface area contributed by atoms with Crippen molar-refractivity contribution in [3.63, 3.8) is 0 Å². The maximum absolute atomic E-state index is 15.6. The number of alkyl halides is 8. The number of methoxy groups -OCH3 is 1. The average molecular weight is 1550 g/mol. The van der Waals surface area contributed by atoms with E-state index in [0.29, 0.717) is 57.8 Å². The van der Waals surface area contributed by atoms with Gasteiger partial charge in [-0.25, -0.2) is 8.78 Å². The Morgan fingerprint density at radius 1 is 0.620 bits per heavy atom. The fourth-order valence-corrected chi connectivity index (χ4v) is 17.3. The second kappa shape index (κ2) is 37.3. The molecule has 8 aliphatic rings. The first-order valence-electron chi connectivity index (χ1n) is 38.4. The molecule has 27 nitrogen and oxygen atoms in total. The molecule has 4 saturated heterocycles. The summed E-state index contributed by atoms with van der Waals surface area (Å²) in [5.41, 5.74) is -1.75. The summed E-state index contributed by atoms with van der Waals surface area (Å²) in [6.07, 6.45) is -16.8. The Labute approximate surface area is 626 Å². The number of aliphatic hydroxyl groups is 1. The van der Waals surface area contributed by atoms with Crippen LogP contribution < -0.4 is 16.0 Å². The van der Waals surface area contributed by atoms with Crippen molar-refractivity contribution in [3.8, 4) is 0 Å². The lowest BCUT2D eigenvalue weighted by molar-refractivity contribution is -0.219. The van der Waals surface area contributed by atoms with Crippen molar-refractivity contribution >= 4 is 70.9 Å². The van der Waals surface area contributed by atoms with Crippen molar-refractivity contribution in [2.24, 2.45) is 35.5 Å². The van der Waals surface area contributed by atoms with Crippen LogP contribution in [-0.2, 0) is 67.0 Å². The topological polar surface area (TPSA) is 309 Å². The van der Waals surface area contributed by atoms with Crippen molar-refractivity contribution in [2.75, 3.05) is 108 Å². The number of nitrogens with one attached hydrogen (secondary N) is 3. The van der Waals surface area contributed by atoms with Crippen LogP contribution in [0, 0.1) is 35.5 Å². The number of hydrogen-bond donors (Lipinski definition) is 4. The molecule has 0 aromatic carbocycles. The van der Waals surface area contributed by atoms with Gasteiger partial charge in [-0.2, -0.15) is 26.3 Å². The van der Waals surface area contributed by atoms with Crippen molar-refractivity contribution in [1.29, 1.82) is 0 Å². The van der Waals surface area contributed by atoms with Crippen LogP contribution in [0.5, 0.6) is 0 Å². The van der Waals surface area contributed by atoms with E-state index in [4.69, 9.17) is 9.47 Å². The third kappa shape index (κ3) is 20.6. The SMILES string of the molecule is CC[C@H](C)[C@@H]1NC(=O)[C@H](COC)N(C)C(=O)C[C@@H](C(=O)N2CCOCC2)N(C)C(=O)[C@H](C2CCCC2)N(C)C(=O)C2(CCC2)NC(=O)[C@@H]2C[C@H](O)CN2C(=O)[C@H](CCC2CC(F)C(C(F)(F)F)C(F)C2)NC(=O)CN(C)C(=O)[C@H](CC2CCC(C(F)(F)F)CC2)N2CCCCC[C@@H](C2=O)N(C)C(=O)CN(C)C1=O. The number of likely N-dealkylation sites (N-methyl/N-ethyl adjacent to an activating group) is 6. The van der Waals surface area contributed by atoms with Gasteiger partial charge in [0.1, 0.15) is 72.1 Å². The quantitative estimate of drug-likeness (QED) is 0.213. The Balaban J connectivity index is 1.19. The molecule has 0 aromatic heterocycles. The molecule has 4 aliphatic heterocycles. The largest absolute Gasteiger partial charge is 0.397 e. The molecular formula is C73H112F8N12O15. The molecule has 0 radical (unpaired) electrons. The molecule has 12 atom stereocenters. The number of carbonyl (C=O) groups excluding carboxylic acids is 12. The van der Waals surface area contributed by atoms with Gasteiger partial charge in [0.05, 0.1) is 51.4 Å². The lowest BCUT2D eigenvalue weighted by Crippen LogP contribution is -2.68. The van der Waals surface area contributed by atoms with Gasteiger partial charge in [-0.3, -0.25) is 57.5 Å². The number of nitrogens with zero attached hydrogens (tertiary/aromatic N) is 9. The third-order valence-corrected chi connectivity index (χ3v) is 24.3. The van der Waals surface area contributed by atoms with Crippen molar-refractivity contribution in [3.05, 3.63) is 0 Å². The zero-order chi connectivity index (χ0) is 79.6. The second-order valence-corrected chi connectivity index (χ2v) is 31.6. The Morgan fingerprint density at radius 3 is 1.82 bits per heavy atom. The molecule has 35 heteroatoms. The number of ether oxygens (including phenoxy) is 2. The smallest absolute Gasteiger partial charge is 0.391 e. The highest BCUT2D eigenvalue weighted by atomic mass is 19.4. The van der Waals surface area contributed by atoms with Gasteiger partial charge in [0.2, 0.25) is 70.9 Å². The predicted molar refractivity (Wildman–Crippen MR) is 373 cm³/mol. The van der Waals surface area contributed by atoms with E-state index >= 15 is 37.5 Å². The van der Waals surface area contributed by atoms with E-state index in [2.05, 4.69) is 16.0 Å². The number of aliphatic hydroxyl groups excluding tert-OH is 1. The lowest BCUT2D eigenvalue weighted by atomic mass is 9.74. The van der Waals surface area contributed by atoms with Crippen LogP contribution >= 0.6 is 0 Å². The zero-order valence-corrected chi connectivity index (χ0v) is 63.7. The Kier molecular flexibility index (Phi) is 29.9. The highest BCUT2D eigenvalue weighted by molar-refractivity contribution is 6.01. The number of halogens is 8. The molecule has 1 spiro atoms. The summed E-state index contributed by atoms with van der Waals surface area (Å²) < 4.78 is 126. The molecule has 4 saturated carbocycles. The van der Waals surface area contributed by atoms with Gasteiger partial charge >= 0.3 is 12.4 Å². The number of morpholine rings is 1. The number of rotatable bonds is 11. The van der Waals surface area contributed by atoms with Crippen LogP contribution in [-0.4, -0.2) is 313 Å². The molecule has 108 heavy (non-hydrogen) atoms. The molecule has 2 bridgehead atoms. The Hall–Kier alpha value is -7.04. The summed E-state index contributed by atoms with van der Waals surface area (Å²) in [5, 5.41) is 19.5. The molecule has 2 unspecified atom stereocenters. The van der Waals surface area contributed by atoms with E-state index in [1.54, 1.807) is 13.8 Å². The zero-order valence-electron chi connectivity index (χ0n) is 63.7. The highest BCUT2D eigenvalue weighted by Gasteiger charge is 2.56. The molecular weight excluding hydrogens is 1440 g/mol. The van der Waals surface area contributed by atoms with Crippen molar-refractivity contribution in [1.82, 2.24) is 60.0 Å². The molecule has 0 aromatic rings. The molecule has 8 fully saturated rings. The van der Waals surface area contributed by atoms with Gasteiger partial charge in [0, 0.05) is 82.0 Å². The normalized spacial score (nSPS) is 32.7. The van der Waals surface area contributed by atoms with Crippen LogP contribution in [0.2, 0.25) is 0 Å². The first-order valence-corrected chi connectivity index (χ1v) is 38.4. The predicted octanol–water partition coefficient (Wildman–Crippen LogP) is 3.90. The summed E-state index contributed by atoms with van der Waals surface area (Å²) in [4.78, 5) is 191. The van der Waals surface area contributed by atoms with Crippen LogP contribution in [0.1, 0.15) is 162 Å². The van der Waals surface area contributed by atoms with Crippen molar-refractivity contribution in [2.45, 2.75) is 246 Å². The van der Waals surface area contributed by atoms with Crippen LogP contribution in [0.4, 0.5) is 35.1 Å². The number of fused-ring (bicyclic) bond motifs is 3. The van der Waals surface area contributed by atoms with Gasteiger partial charge in [0.25, 0.3) is 0 Å². The van der Waals surface area contributed by atoms with Crippen LogP contribution in [0.25, 0.3) is 0 Å².